The van der Waals surface area contributed by atoms with E-state index >= 15 is 0 Å². The van der Waals surface area contributed by atoms with Crippen molar-refractivity contribution >= 4 is 10.0 Å². The Bertz CT molecular complexity index is 701. The van der Waals surface area contributed by atoms with Gasteiger partial charge in [-0.05, 0) is 18.9 Å². The molecule has 7 nitrogen and oxygen atoms in total. The van der Waals surface area contributed by atoms with Crippen LogP contribution >= 0.6 is 0 Å². The van der Waals surface area contributed by atoms with E-state index in [1.165, 1.54) is 12.8 Å². The normalized spacial score (nSPS) is 15.5. The van der Waals surface area contributed by atoms with Gasteiger partial charge in [0.05, 0.1) is 11.1 Å². The van der Waals surface area contributed by atoms with E-state index in [1.54, 1.807) is 24.7 Å². The third-order valence-corrected chi connectivity index (χ3v) is 4.93. The van der Waals surface area contributed by atoms with Crippen LogP contribution in [0.2, 0.25) is 0 Å². The number of H-pyrrole nitrogens is 1. The number of hydrogen-bond acceptors (Lipinski definition) is 4. The lowest BCUT2D eigenvalue weighted by molar-refractivity contribution is 0.581. The molecule has 8 heteroatoms. The molecular formula is C13H19N5O2S. The van der Waals surface area contributed by atoms with Gasteiger partial charge in [0.2, 0.25) is 10.0 Å². The van der Waals surface area contributed by atoms with Crippen molar-refractivity contribution in [1.29, 1.82) is 0 Å². The highest BCUT2D eigenvalue weighted by molar-refractivity contribution is 7.89. The summed E-state index contributed by atoms with van der Waals surface area (Å²) in [5, 5.41) is 9.83. The van der Waals surface area contributed by atoms with Gasteiger partial charge < -0.3 is 9.88 Å². The van der Waals surface area contributed by atoms with Gasteiger partial charge in [0, 0.05) is 49.8 Å². The van der Waals surface area contributed by atoms with Gasteiger partial charge in [-0.1, -0.05) is 0 Å². The molecule has 3 N–H and O–H groups in total. The summed E-state index contributed by atoms with van der Waals surface area (Å²) in [7, 11) is -1.64. The molecule has 2 aromatic heterocycles. The van der Waals surface area contributed by atoms with Gasteiger partial charge in [-0.2, -0.15) is 5.10 Å². The summed E-state index contributed by atoms with van der Waals surface area (Å²) in [5.74, 6) is 0. The van der Waals surface area contributed by atoms with Crippen molar-refractivity contribution in [2.45, 2.75) is 36.9 Å². The van der Waals surface area contributed by atoms with Crippen LogP contribution in [0.15, 0.2) is 29.6 Å². The molecule has 0 atom stereocenters. The maximum atomic E-state index is 12.3. The lowest BCUT2D eigenvalue weighted by atomic mass is 10.4. The predicted octanol–water partition coefficient (Wildman–Crippen LogP) is 0.479. The Hall–Kier alpha value is -1.64. The van der Waals surface area contributed by atoms with E-state index in [4.69, 9.17) is 0 Å². The van der Waals surface area contributed by atoms with E-state index in [9.17, 15) is 8.42 Å². The Labute approximate surface area is 123 Å². The monoisotopic (exact) mass is 309 g/mol. The number of sulfonamides is 1. The highest BCUT2D eigenvalue weighted by Gasteiger charge is 2.22. The molecule has 0 saturated heterocycles. The molecule has 3 rings (SSSR count). The lowest BCUT2D eigenvalue weighted by Gasteiger charge is -2.03. The largest absolute Gasteiger partial charge is 0.352 e. The van der Waals surface area contributed by atoms with Gasteiger partial charge >= 0.3 is 0 Å². The average Bonchev–Trinajstić information content (AvgIpc) is 2.98. The number of aromatic amines is 1. The van der Waals surface area contributed by atoms with E-state index in [-0.39, 0.29) is 6.54 Å². The highest BCUT2D eigenvalue weighted by Crippen LogP contribution is 2.20. The minimum Gasteiger partial charge on any atom is -0.352 e. The molecule has 0 spiro atoms. The summed E-state index contributed by atoms with van der Waals surface area (Å²) in [6.45, 7) is 0.918. The van der Waals surface area contributed by atoms with Crippen LogP contribution in [0, 0.1) is 0 Å². The van der Waals surface area contributed by atoms with E-state index in [2.05, 4.69) is 20.2 Å². The Morgan fingerprint density at radius 3 is 2.90 bits per heavy atom. The minimum atomic E-state index is -3.50. The standard InChI is InChI=1S/C13H19N5O2S/c1-18-9-13(4-12(18)8-14-11-2-3-11)21(19,20)17-7-10-5-15-16-6-10/h4-6,9,11,14,17H,2-3,7-8H2,1H3,(H,15,16). The Morgan fingerprint density at radius 1 is 1.43 bits per heavy atom. The van der Waals surface area contributed by atoms with Gasteiger partial charge in [-0.3, -0.25) is 5.10 Å². The highest BCUT2D eigenvalue weighted by atomic mass is 32.2. The molecule has 0 amide bonds. The van der Waals surface area contributed by atoms with Crippen molar-refractivity contribution in [3.05, 3.63) is 35.9 Å². The average molecular weight is 309 g/mol. The van der Waals surface area contributed by atoms with E-state index in [0.717, 1.165) is 11.3 Å². The van der Waals surface area contributed by atoms with E-state index < -0.39 is 10.0 Å². The number of rotatable bonds is 7. The van der Waals surface area contributed by atoms with Gasteiger partial charge in [-0.15, -0.1) is 0 Å². The molecule has 1 aliphatic rings. The quantitative estimate of drug-likeness (QED) is 0.693. The number of aromatic nitrogens is 3. The van der Waals surface area contributed by atoms with Gasteiger partial charge in [0.15, 0.2) is 0 Å². The van der Waals surface area contributed by atoms with Gasteiger partial charge in [0.1, 0.15) is 0 Å². The first-order valence-electron chi connectivity index (χ1n) is 6.90. The molecule has 0 radical (unpaired) electrons. The molecule has 2 heterocycles. The Kier molecular flexibility index (Phi) is 3.83. The molecule has 0 bridgehead atoms. The summed E-state index contributed by atoms with van der Waals surface area (Å²) in [6.07, 6.45) is 7.32. The molecule has 21 heavy (non-hydrogen) atoms. The second-order valence-corrected chi connectivity index (χ2v) is 7.13. The van der Waals surface area contributed by atoms with Crippen LogP contribution in [0.5, 0.6) is 0 Å². The topological polar surface area (TPSA) is 91.8 Å². The van der Waals surface area contributed by atoms with Gasteiger partial charge in [-0.25, -0.2) is 13.1 Å². The number of aryl methyl sites for hydroxylation is 1. The molecule has 114 valence electrons. The third-order valence-electron chi connectivity index (χ3n) is 3.56. The molecular weight excluding hydrogens is 290 g/mol. The maximum absolute atomic E-state index is 12.3. The van der Waals surface area contributed by atoms with Crippen molar-refractivity contribution < 1.29 is 8.42 Å². The lowest BCUT2D eigenvalue weighted by Crippen LogP contribution is -2.22. The summed E-state index contributed by atoms with van der Waals surface area (Å²) < 4.78 is 29.0. The van der Waals surface area contributed by atoms with E-state index in [1.807, 2.05) is 11.6 Å². The molecule has 1 aliphatic carbocycles. The first-order chi connectivity index (χ1) is 10.0. The van der Waals surface area contributed by atoms with Crippen molar-refractivity contribution in [2.75, 3.05) is 0 Å². The van der Waals surface area contributed by atoms with Crippen LogP contribution in [0.25, 0.3) is 0 Å². The zero-order chi connectivity index (χ0) is 14.9. The minimum absolute atomic E-state index is 0.226. The summed E-state index contributed by atoms with van der Waals surface area (Å²) in [6, 6.07) is 2.31. The number of hydrogen-bond donors (Lipinski definition) is 3. The first-order valence-corrected chi connectivity index (χ1v) is 8.39. The number of nitrogens with zero attached hydrogens (tertiary/aromatic N) is 2. The smallest absolute Gasteiger partial charge is 0.242 e. The van der Waals surface area contributed by atoms with Crippen LogP contribution in [0.3, 0.4) is 0 Å². The zero-order valence-corrected chi connectivity index (χ0v) is 12.7. The van der Waals surface area contributed by atoms with Crippen LogP contribution in [-0.4, -0.2) is 29.2 Å². The van der Waals surface area contributed by atoms with Crippen molar-refractivity contribution in [1.82, 2.24) is 24.8 Å². The summed E-state index contributed by atoms with van der Waals surface area (Å²) >= 11 is 0. The fourth-order valence-corrected chi connectivity index (χ4v) is 3.18. The molecule has 0 unspecified atom stereocenters. The zero-order valence-electron chi connectivity index (χ0n) is 11.8. The second-order valence-electron chi connectivity index (χ2n) is 5.36. The molecule has 0 aliphatic heterocycles. The fraction of sp³-hybridized carbons (Fsp3) is 0.462. The van der Waals surface area contributed by atoms with Crippen LogP contribution in [0.1, 0.15) is 24.1 Å². The van der Waals surface area contributed by atoms with Crippen LogP contribution < -0.4 is 10.0 Å². The SMILES string of the molecule is Cn1cc(S(=O)(=O)NCc2cn[nH]c2)cc1CNC1CC1. The number of nitrogens with one attached hydrogen (secondary N) is 3. The molecule has 2 aromatic rings. The third kappa shape index (κ3) is 3.52. The van der Waals surface area contributed by atoms with Crippen molar-refractivity contribution in [2.24, 2.45) is 7.05 Å². The first kappa shape index (κ1) is 14.3. The van der Waals surface area contributed by atoms with E-state index in [0.29, 0.717) is 17.5 Å². The van der Waals surface area contributed by atoms with Crippen LogP contribution in [0.4, 0.5) is 0 Å². The summed E-state index contributed by atoms with van der Waals surface area (Å²) in [5.41, 5.74) is 1.76. The molecule has 1 saturated carbocycles. The molecule has 1 fully saturated rings. The fourth-order valence-electron chi connectivity index (χ4n) is 2.07. The molecule has 0 aromatic carbocycles. The Balaban J connectivity index is 1.67. The summed E-state index contributed by atoms with van der Waals surface area (Å²) in [4.78, 5) is 0.293. The second kappa shape index (κ2) is 5.63. The van der Waals surface area contributed by atoms with Crippen molar-refractivity contribution in [3.63, 3.8) is 0 Å². The van der Waals surface area contributed by atoms with Crippen molar-refractivity contribution in [3.8, 4) is 0 Å². The predicted molar refractivity (Wildman–Crippen MR) is 77.9 cm³/mol. The Morgan fingerprint density at radius 2 is 2.24 bits per heavy atom. The maximum Gasteiger partial charge on any atom is 0.242 e. The van der Waals surface area contributed by atoms with Gasteiger partial charge in [0.25, 0.3) is 0 Å². The van der Waals surface area contributed by atoms with Crippen LogP contribution in [-0.2, 0) is 30.2 Å².